The first kappa shape index (κ1) is 15.2. The second-order valence-corrected chi connectivity index (χ2v) is 4.38. The molecule has 0 aliphatic carbocycles. The number of anilines is 1. The molecule has 0 heterocycles. The molecule has 0 bridgehead atoms. The molecule has 0 radical (unpaired) electrons. The lowest BCUT2D eigenvalue weighted by Gasteiger charge is -2.07. The Bertz CT molecular complexity index is 764. The molecule has 2 aromatic carbocycles. The van der Waals surface area contributed by atoms with Crippen LogP contribution in [0.3, 0.4) is 0 Å². The van der Waals surface area contributed by atoms with Crippen molar-refractivity contribution in [3.8, 4) is 11.8 Å². The highest BCUT2D eigenvalue weighted by Gasteiger charge is 2.12. The lowest BCUT2D eigenvalue weighted by atomic mass is 10.1. The molecule has 0 atom stereocenters. The van der Waals surface area contributed by atoms with Gasteiger partial charge in [0.2, 0.25) is 0 Å². The van der Waals surface area contributed by atoms with E-state index in [-0.39, 0.29) is 11.1 Å². The van der Waals surface area contributed by atoms with Crippen LogP contribution in [0.4, 0.5) is 10.1 Å². The highest BCUT2D eigenvalue weighted by molar-refractivity contribution is 6.04. The average molecular weight is 298 g/mol. The van der Waals surface area contributed by atoms with Crippen LogP contribution in [0.5, 0.6) is 5.75 Å². The zero-order valence-electron chi connectivity index (χ0n) is 11.6. The molecule has 0 aliphatic heterocycles. The minimum atomic E-state index is -0.770. The maximum atomic E-state index is 13.7. The van der Waals surface area contributed by atoms with Gasteiger partial charge in [-0.05, 0) is 42.5 Å². The number of amides is 1. The van der Waals surface area contributed by atoms with Crippen molar-refractivity contribution in [3.63, 3.8) is 0 Å². The van der Waals surface area contributed by atoms with Gasteiger partial charge >= 0.3 is 5.97 Å². The van der Waals surface area contributed by atoms with Gasteiger partial charge in [0, 0.05) is 12.6 Å². The third-order valence-corrected chi connectivity index (χ3v) is 2.72. The third kappa shape index (κ3) is 3.67. The Hall–Kier alpha value is -3.20. The second kappa shape index (κ2) is 6.50. The zero-order chi connectivity index (χ0) is 16.1. The molecule has 0 aromatic heterocycles. The molecule has 22 heavy (non-hydrogen) atoms. The number of ether oxygens (including phenoxy) is 1. The molecule has 0 spiro atoms. The van der Waals surface area contributed by atoms with E-state index in [1.165, 1.54) is 43.3 Å². The predicted molar refractivity (Wildman–Crippen MR) is 76.8 cm³/mol. The summed E-state index contributed by atoms with van der Waals surface area (Å²) in [5.74, 6) is -1.51. The third-order valence-electron chi connectivity index (χ3n) is 2.72. The van der Waals surface area contributed by atoms with E-state index in [0.29, 0.717) is 11.4 Å². The molecule has 0 unspecified atom stereocenters. The number of nitriles is 1. The van der Waals surface area contributed by atoms with Crippen LogP contribution in [0.1, 0.15) is 22.8 Å². The van der Waals surface area contributed by atoms with Gasteiger partial charge in [-0.15, -0.1) is 0 Å². The van der Waals surface area contributed by atoms with Crippen molar-refractivity contribution in [2.45, 2.75) is 6.92 Å². The quantitative estimate of drug-likeness (QED) is 0.698. The molecular formula is C16H11FN2O3. The van der Waals surface area contributed by atoms with Crippen molar-refractivity contribution in [2.24, 2.45) is 0 Å². The standard InChI is InChI=1S/C16H11FN2O3/c1-10(20)22-13-5-3-12(4-6-13)19-16(21)14-7-2-11(9-18)8-15(14)17/h2-8H,1H3,(H,19,21). The number of esters is 1. The number of carbonyl (C=O) groups is 2. The summed E-state index contributed by atoms with van der Waals surface area (Å²) in [6, 6.07) is 11.5. The van der Waals surface area contributed by atoms with Crippen molar-refractivity contribution >= 4 is 17.6 Å². The zero-order valence-corrected chi connectivity index (χ0v) is 11.6. The Morgan fingerprint density at radius 3 is 2.41 bits per heavy atom. The maximum absolute atomic E-state index is 13.7. The average Bonchev–Trinajstić information content (AvgIpc) is 2.48. The molecule has 0 saturated carbocycles. The van der Waals surface area contributed by atoms with Gasteiger partial charge in [-0.25, -0.2) is 4.39 Å². The van der Waals surface area contributed by atoms with Gasteiger partial charge in [-0.1, -0.05) is 0 Å². The van der Waals surface area contributed by atoms with E-state index in [0.717, 1.165) is 6.07 Å². The predicted octanol–water partition coefficient (Wildman–Crippen LogP) is 2.87. The molecule has 110 valence electrons. The van der Waals surface area contributed by atoms with Crippen LogP contribution < -0.4 is 10.1 Å². The minimum Gasteiger partial charge on any atom is -0.427 e. The van der Waals surface area contributed by atoms with E-state index in [2.05, 4.69) is 5.32 Å². The number of benzene rings is 2. The largest absolute Gasteiger partial charge is 0.427 e. The number of rotatable bonds is 3. The van der Waals surface area contributed by atoms with E-state index in [1.807, 2.05) is 0 Å². The van der Waals surface area contributed by atoms with Crippen molar-refractivity contribution in [3.05, 3.63) is 59.4 Å². The van der Waals surface area contributed by atoms with Crippen LogP contribution in [0, 0.1) is 17.1 Å². The van der Waals surface area contributed by atoms with Crippen molar-refractivity contribution in [1.29, 1.82) is 5.26 Å². The molecule has 0 saturated heterocycles. The molecule has 5 nitrogen and oxygen atoms in total. The van der Waals surface area contributed by atoms with Crippen LogP contribution in [-0.2, 0) is 4.79 Å². The first-order chi connectivity index (χ1) is 10.5. The maximum Gasteiger partial charge on any atom is 0.308 e. The fraction of sp³-hybridized carbons (Fsp3) is 0.0625. The number of hydrogen-bond acceptors (Lipinski definition) is 4. The summed E-state index contributed by atoms with van der Waals surface area (Å²) >= 11 is 0. The molecule has 0 fully saturated rings. The summed E-state index contributed by atoms with van der Waals surface area (Å²) in [5.41, 5.74) is 0.396. The molecule has 0 aliphatic rings. The summed E-state index contributed by atoms with van der Waals surface area (Å²) < 4.78 is 18.6. The van der Waals surface area contributed by atoms with Gasteiger partial charge in [0.25, 0.3) is 5.91 Å². The number of carbonyl (C=O) groups excluding carboxylic acids is 2. The van der Waals surface area contributed by atoms with Crippen LogP contribution in [0.25, 0.3) is 0 Å². The molecular weight excluding hydrogens is 287 g/mol. The molecule has 2 rings (SSSR count). The normalized spacial score (nSPS) is 9.68. The van der Waals surface area contributed by atoms with E-state index < -0.39 is 17.7 Å². The van der Waals surface area contributed by atoms with Gasteiger partial charge in [0.15, 0.2) is 0 Å². The molecule has 2 aromatic rings. The number of nitrogens with one attached hydrogen (secondary N) is 1. The van der Waals surface area contributed by atoms with Crippen molar-refractivity contribution in [1.82, 2.24) is 0 Å². The topological polar surface area (TPSA) is 79.2 Å². The Balaban J connectivity index is 2.12. The first-order valence-corrected chi connectivity index (χ1v) is 6.29. The molecule has 1 N–H and O–H groups in total. The van der Waals surface area contributed by atoms with Gasteiger partial charge in [0.1, 0.15) is 11.6 Å². The van der Waals surface area contributed by atoms with Crippen molar-refractivity contribution in [2.75, 3.05) is 5.32 Å². The SMILES string of the molecule is CC(=O)Oc1ccc(NC(=O)c2ccc(C#N)cc2F)cc1. The Kier molecular flexibility index (Phi) is 4.49. The summed E-state index contributed by atoms with van der Waals surface area (Å²) in [4.78, 5) is 22.8. The van der Waals surface area contributed by atoms with Gasteiger partial charge in [-0.2, -0.15) is 5.26 Å². The summed E-state index contributed by atoms with van der Waals surface area (Å²) in [6.45, 7) is 1.28. The smallest absolute Gasteiger partial charge is 0.308 e. The van der Waals surface area contributed by atoms with Crippen LogP contribution >= 0.6 is 0 Å². The molecule has 6 heteroatoms. The lowest BCUT2D eigenvalue weighted by Crippen LogP contribution is -2.13. The number of hydrogen-bond donors (Lipinski definition) is 1. The monoisotopic (exact) mass is 298 g/mol. The number of nitrogens with zero attached hydrogens (tertiary/aromatic N) is 1. The van der Waals surface area contributed by atoms with E-state index in [9.17, 15) is 14.0 Å². The number of halogens is 1. The first-order valence-electron chi connectivity index (χ1n) is 6.29. The lowest BCUT2D eigenvalue weighted by molar-refractivity contribution is -0.131. The fourth-order valence-electron chi connectivity index (χ4n) is 1.74. The van der Waals surface area contributed by atoms with E-state index >= 15 is 0 Å². The Labute approximate surface area is 125 Å². The van der Waals surface area contributed by atoms with Gasteiger partial charge in [0.05, 0.1) is 17.2 Å². The highest BCUT2D eigenvalue weighted by atomic mass is 19.1. The van der Waals surface area contributed by atoms with Crippen molar-refractivity contribution < 1.29 is 18.7 Å². The van der Waals surface area contributed by atoms with Gasteiger partial charge in [-0.3, -0.25) is 9.59 Å². The summed E-state index contributed by atoms with van der Waals surface area (Å²) in [6.07, 6.45) is 0. The molecule has 1 amide bonds. The Morgan fingerprint density at radius 1 is 1.18 bits per heavy atom. The van der Waals surface area contributed by atoms with Crippen LogP contribution in [0.2, 0.25) is 0 Å². The second-order valence-electron chi connectivity index (χ2n) is 4.38. The van der Waals surface area contributed by atoms with E-state index in [1.54, 1.807) is 6.07 Å². The summed E-state index contributed by atoms with van der Waals surface area (Å²) in [5, 5.41) is 11.2. The minimum absolute atomic E-state index is 0.139. The Morgan fingerprint density at radius 2 is 1.86 bits per heavy atom. The van der Waals surface area contributed by atoms with Crippen LogP contribution in [-0.4, -0.2) is 11.9 Å². The van der Waals surface area contributed by atoms with Gasteiger partial charge < -0.3 is 10.1 Å². The van der Waals surface area contributed by atoms with Crippen LogP contribution in [0.15, 0.2) is 42.5 Å². The fourth-order valence-corrected chi connectivity index (χ4v) is 1.74. The van der Waals surface area contributed by atoms with E-state index in [4.69, 9.17) is 10.00 Å². The highest BCUT2D eigenvalue weighted by Crippen LogP contribution is 2.17. The summed E-state index contributed by atoms with van der Waals surface area (Å²) in [7, 11) is 0.